The number of allylic oxidation sites excluding steroid dienone is 4. The molecule has 0 aromatic rings. The van der Waals surface area contributed by atoms with E-state index in [0.717, 1.165) is 0 Å². The first-order valence-corrected chi connectivity index (χ1v) is 3.77. The van der Waals surface area contributed by atoms with Crippen LogP contribution in [-0.4, -0.2) is 17.2 Å². The van der Waals surface area contributed by atoms with Gasteiger partial charge in [-0.05, 0) is 13.3 Å². The van der Waals surface area contributed by atoms with Gasteiger partial charge in [-0.15, -0.1) is 0 Å². The molecule has 1 atom stereocenters. The van der Waals surface area contributed by atoms with Crippen LogP contribution in [-0.2, 0) is 0 Å². The van der Waals surface area contributed by atoms with E-state index in [1.807, 2.05) is 32.1 Å². The lowest BCUT2D eigenvalue weighted by Gasteiger charge is -2.25. The van der Waals surface area contributed by atoms with Crippen LogP contribution in [0.5, 0.6) is 0 Å². The van der Waals surface area contributed by atoms with Gasteiger partial charge in [0, 0.05) is 5.31 Å². The fourth-order valence-electron chi connectivity index (χ4n) is 1.03. The number of hydrogen-bond acceptors (Lipinski definition) is 2. The summed E-state index contributed by atoms with van der Waals surface area (Å²) in [6.45, 7) is 3.83. The van der Waals surface area contributed by atoms with Gasteiger partial charge in [0.05, 0.1) is 0 Å². The Morgan fingerprint density at radius 3 is 2.55 bits per heavy atom. The second-order valence-corrected chi connectivity index (χ2v) is 3.37. The second-order valence-electron chi connectivity index (χ2n) is 3.37. The molecule has 0 heterocycles. The summed E-state index contributed by atoms with van der Waals surface area (Å²) < 4.78 is 0. The van der Waals surface area contributed by atoms with Crippen molar-refractivity contribution in [2.45, 2.75) is 25.6 Å². The van der Waals surface area contributed by atoms with Crippen molar-refractivity contribution in [2.24, 2.45) is 0 Å². The summed E-state index contributed by atoms with van der Waals surface area (Å²) in [7, 11) is -1.26. The lowest BCUT2D eigenvalue weighted by atomic mass is 9.56. The molecule has 2 nitrogen and oxygen atoms in total. The minimum absolute atomic E-state index is 0.487. The fraction of sp³-hybridized carbons (Fsp3) is 0.500. The molecule has 1 aliphatic rings. The third-order valence-electron chi connectivity index (χ3n) is 2.18. The molecular weight excluding hydrogens is 139 g/mol. The minimum atomic E-state index is -1.26. The molecule has 0 spiro atoms. The molecule has 2 N–H and O–H groups in total. The topological polar surface area (TPSA) is 40.5 Å². The first-order valence-electron chi connectivity index (χ1n) is 3.77. The second kappa shape index (κ2) is 2.84. The van der Waals surface area contributed by atoms with E-state index in [1.165, 1.54) is 5.57 Å². The van der Waals surface area contributed by atoms with Crippen LogP contribution in [0.15, 0.2) is 23.8 Å². The molecule has 60 valence electrons. The van der Waals surface area contributed by atoms with Crippen LogP contribution < -0.4 is 0 Å². The van der Waals surface area contributed by atoms with Gasteiger partial charge in [0.15, 0.2) is 0 Å². The molecule has 1 rings (SSSR count). The van der Waals surface area contributed by atoms with Crippen LogP contribution in [0.2, 0.25) is 5.31 Å². The Morgan fingerprint density at radius 1 is 1.55 bits per heavy atom. The maximum absolute atomic E-state index is 9.00. The first kappa shape index (κ1) is 8.56. The van der Waals surface area contributed by atoms with E-state index in [2.05, 4.69) is 0 Å². The van der Waals surface area contributed by atoms with Gasteiger partial charge in [0.2, 0.25) is 0 Å². The van der Waals surface area contributed by atoms with Crippen LogP contribution in [0.3, 0.4) is 0 Å². The predicted molar refractivity (Wildman–Crippen MR) is 46.1 cm³/mol. The van der Waals surface area contributed by atoms with Crippen molar-refractivity contribution in [3.63, 3.8) is 0 Å². The highest BCUT2D eigenvalue weighted by Gasteiger charge is 2.34. The maximum Gasteiger partial charge on any atom is 0.462 e. The summed E-state index contributed by atoms with van der Waals surface area (Å²) in [5.41, 5.74) is 1.18. The molecule has 0 aliphatic heterocycles. The van der Waals surface area contributed by atoms with Crippen molar-refractivity contribution >= 4 is 7.12 Å². The Labute approximate surface area is 67.4 Å². The van der Waals surface area contributed by atoms with Crippen LogP contribution in [0.1, 0.15) is 20.3 Å². The molecule has 0 amide bonds. The quantitative estimate of drug-likeness (QED) is 0.552. The molecular formula is C8H13BO2. The molecule has 0 aromatic carbocycles. The summed E-state index contributed by atoms with van der Waals surface area (Å²) in [4.78, 5) is 0. The summed E-state index contributed by atoms with van der Waals surface area (Å²) in [6.07, 6.45) is 6.49. The Hall–Kier alpha value is -0.535. The van der Waals surface area contributed by atoms with Crippen molar-refractivity contribution < 1.29 is 10.0 Å². The van der Waals surface area contributed by atoms with Gasteiger partial charge in [-0.2, -0.15) is 0 Å². The summed E-state index contributed by atoms with van der Waals surface area (Å²) in [6, 6.07) is 0. The van der Waals surface area contributed by atoms with E-state index in [9.17, 15) is 0 Å². The van der Waals surface area contributed by atoms with Gasteiger partial charge in [-0.3, -0.25) is 0 Å². The van der Waals surface area contributed by atoms with Gasteiger partial charge in [-0.25, -0.2) is 0 Å². The zero-order valence-corrected chi connectivity index (χ0v) is 6.91. The van der Waals surface area contributed by atoms with E-state index in [0.29, 0.717) is 6.42 Å². The highest BCUT2D eigenvalue weighted by atomic mass is 16.4. The van der Waals surface area contributed by atoms with E-state index >= 15 is 0 Å². The molecule has 0 saturated carbocycles. The first-order chi connectivity index (χ1) is 5.04. The highest BCUT2D eigenvalue weighted by Crippen LogP contribution is 2.37. The van der Waals surface area contributed by atoms with Gasteiger partial charge >= 0.3 is 7.12 Å². The molecule has 0 saturated heterocycles. The fourth-order valence-corrected chi connectivity index (χ4v) is 1.03. The average Bonchev–Trinajstić information content (AvgIpc) is 1.95. The number of hydrogen-bond donors (Lipinski definition) is 2. The normalized spacial score (nSPS) is 30.0. The lowest BCUT2D eigenvalue weighted by Crippen LogP contribution is -2.29. The summed E-state index contributed by atoms with van der Waals surface area (Å²) in [5, 5.41) is 17.5. The standard InChI is InChI=1S/C8H13BO2/c1-7-3-5-8(2,6-4-7)9(10)11/h3-5,10-11H,6H2,1-2H3. The molecule has 1 unspecified atom stereocenters. The van der Waals surface area contributed by atoms with Crippen molar-refractivity contribution in [3.8, 4) is 0 Å². The smallest absolute Gasteiger partial charge is 0.426 e. The molecule has 11 heavy (non-hydrogen) atoms. The van der Waals surface area contributed by atoms with Crippen molar-refractivity contribution in [2.75, 3.05) is 0 Å². The van der Waals surface area contributed by atoms with Crippen LogP contribution in [0, 0.1) is 0 Å². The van der Waals surface area contributed by atoms with Crippen molar-refractivity contribution in [1.29, 1.82) is 0 Å². The van der Waals surface area contributed by atoms with Gasteiger partial charge in [0.25, 0.3) is 0 Å². The predicted octanol–water partition coefficient (Wildman–Crippen LogP) is 1.13. The van der Waals surface area contributed by atoms with E-state index in [4.69, 9.17) is 10.0 Å². The minimum Gasteiger partial charge on any atom is -0.426 e. The molecule has 0 bridgehead atoms. The van der Waals surface area contributed by atoms with Gasteiger partial charge < -0.3 is 10.0 Å². The zero-order chi connectivity index (χ0) is 8.48. The molecule has 0 radical (unpaired) electrons. The average molecular weight is 152 g/mol. The monoisotopic (exact) mass is 152 g/mol. The van der Waals surface area contributed by atoms with E-state index < -0.39 is 12.4 Å². The van der Waals surface area contributed by atoms with Gasteiger partial charge in [0.1, 0.15) is 0 Å². The summed E-state index contributed by atoms with van der Waals surface area (Å²) in [5.74, 6) is 0. The Morgan fingerprint density at radius 2 is 2.18 bits per heavy atom. The molecule has 0 fully saturated rings. The van der Waals surface area contributed by atoms with Crippen molar-refractivity contribution in [1.82, 2.24) is 0 Å². The maximum atomic E-state index is 9.00. The van der Waals surface area contributed by atoms with Crippen LogP contribution in [0.25, 0.3) is 0 Å². The van der Waals surface area contributed by atoms with Crippen LogP contribution >= 0.6 is 0 Å². The molecule has 3 heteroatoms. The zero-order valence-electron chi connectivity index (χ0n) is 6.91. The van der Waals surface area contributed by atoms with Crippen LogP contribution in [0.4, 0.5) is 0 Å². The van der Waals surface area contributed by atoms with Crippen molar-refractivity contribution in [3.05, 3.63) is 23.8 Å². The van der Waals surface area contributed by atoms with Gasteiger partial charge in [-0.1, -0.05) is 30.7 Å². The Bertz CT molecular complexity index is 208. The third kappa shape index (κ3) is 1.73. The lowest BCUT2D eigenvalue weighted by molar-refractivity contribution is 0.365. The largest absolute Gasteiger partial charge is 0.462 e. The molecule has 1 aliphatic carbocycles. The highest BCUT2D eigenvalue weighted by molar-refractivity contribution is 6.46. The SMILES string of the molecule is CC1=CCC(C)(B(O)O)C=C1. The number of rotatable bonds is 1. The molecule has 0 aromatic heterocycles. The van der Waals surface area contributed by atoms with E-state index in [-0.39, 0.29) is 0 Å². The Balaban J connectivity index is 2.74. The Kier molecular flexibility index (Phi) is 2.21. The third-order valence-corrected chi connectivity index (χ3v) is 2.18. The summed E-state index contributed by atoms with van der Waals surface area (Å²) >= 11 is 0. The van der Waals surface area contributed by atoms with E-state index in [1.54, 1.807) is 0 Å².